The maximum absolute atomic E-state index is 5.99. The van der Waals surface area contributed by atoms with Crippen LogP contribution in [-0.4, -0.2) is 32.8 Å². The van der Waals surface area contributed by atoms with Crippen molar-refractivity contribution in [1.82, 2.24) is 0 Å². The zero-order valence-corrected chi connectivity index (χ0v) is 10.0. The first kappa shape index (κ1) is 11.4. The number of ether oxygens (including phenoxy) is 1. The lowest BCUT2D eigenvalue weighted by molar-refractivity contribution is 0.185. The Balaban J connectivity index is 2.03. The molecule has 3 heteroatoms. The van der Waals surface area contributed by atoms with Gasteiger partial charge in [-0.1, -0.05) is 18.2 Å². The Kier molecular flexibility index (Phi) is 3.46. The molecule has 2 atom stereocenters. The predicted molar refractivity (Wildman–Crippen MR) is 66.7 cm³/mol. The Morgan fingerprint density at radius 1 is 1.38 bits per heavy atom. The minimum Gasteiger partial charge on any atom is -0.379 e. The third-order valence-electron chi connectivity index (χ3n) is 3.28. The van der Waals surface area contributed by atoms with Crippen LogP contribution in [0.15, 0.2) is 24.3 Å². The number of benzene rings is 1. The molecule has 1 aromatic rings. The van der Waals surface area contributed by atoms with E-state index < -0.39 is 0 Å². The molecular weight excluding hydrogens is 200 g/mol. The van der Waals surface area contributed by atoms with Crippen LogP contribution in [0, 0.1) is 12.8 Å². The van der Waals surface area contributed by atoms with Gasteiger partial charge in [0, 0.05) is 31.2 Å². The summed E-state index contributed by atoms with van der Waals surface area (Å²) in [5.41, 5.74) is 8.57. The van der Waals surface area contributed by atoms with Crippen LogP contribution in [0.2, 0.25) is 0 Å². The highest BCUT2D eigenvalue weighted by Crippen LogP contribution is 2.21. The van der Waals surface area contributed by atoms with Crippen LogP contribution in [0.1, 0.15) is 5.56 Å². The molecule has 2 unspecified atom stereocenters. The largest absolute Gasteiger partial charge is 0.379 e. The van der Waals surface area contributed by atoms with E-state index in [1.54, 1.807) is 0 Å². The quantitative estimate of drug-likeness (QED) is 0.837. The average Bonchev–Trinajstić information content (AvgIpc) is 2.65. The number of para-hydroxylation sites is 1. The third-order valence-corrected chi connectivity index (χ3v) is 3.28. The smallest absolute Gasteiger partial charge is 0.0621 e. The normalized spacial score (nSPS) is 24.7. The van der Waals surface area contributed by atoms with Gasteiger partial charge in [0.05, 0.1) is 13.2 Å². The van der Waals surface area contributed by atoms with E-state index in [9.17, 15) is 0 Å². The molecule has 1 fully saturated rings. The molecule has 1 aliphatic rings. The maximum atomic E-state index is 5.99. The summed E-state index contributed by atoms with van der Waals surface area (Å²) in [5, 5.41) is 0. The van der Waals surface area contributed by atoms with Crippen molar-refractivity contribution in [3.8, 4) is 0 Å². The summed E-state index contributed by atoms with van der Waals surface area (Å²) in [4.78, 5) is 2.27. The van der Waals surface area contributed by atoms with Crippen LogP contribution >= 0.6 is 0 Å². The molecular formula is C13H20N2O. The van der Waals surface area contributed by atoms with Gasteiger partial charge in [-0.25, -0.2) is 0 Å². The summed E-state index contributed by atoms with van der Waals surface area (Å²) in [6.07, 6.45) is 0. The fourth-order valence-corrected chi connectivity index (χ4v) is 2.25. The summed E-state index contributed by atoms with van der Waals surface area (Å²) in [7, 11) is 2.12. The van der Waals surface area contributed by atoms with Crippen molar-refractivity contribution in [3.63, 3.8) is 0 Å². The Bertz CT molecular complexity index is 354. The van der Waals surface area contributed by atoms with Gasteiger partial charge in [0.2, 0.25) is 0 Å². The molecule has 2 rings (SSSR count). The van der Waals surface area contributed by atoms with Gasteiger partial charge in [0.25, 0.3) is 0 Å². The first-order valence-corrected chi connectivity index (χ1v) is 5.78. The van der Waals surface area contributed by atoms with Gasteiger partial charge in [-0.3, -0.25) is 0 Å². The molecule has 1 aromatic carbocycles. The number of nitrogens with zero attached hydrogens (tertiary/aromatic N) is 1. The average molecular weight is 220 g/mol. The Hall–Kier alpha value is -1.06. The fourth-order valence-electron chi connectivity index (χ4n) is 2.25. The molecule has 88 valence electrons. The van der Waals surface area contributed by atoms with Crippen LogP contribution in [0.25, 0.3) is 0 Å². The minimum absolute atomic E-state index is 0.187. The highest BCUT2D eigenvalue weighted by atomic mass is 16.5. The second kappa shape index (κ2) is 4.85. The summed E-state index contributed by atoms with van der Waals surface area (Å²) in [5.74, 6) is 0.449. The van der Waals surface area contributed by atoms with E-state index in [-0.39, 0.29) is 6.04 Å². The molecule has 0 spiro atoms. The van der Waals surface area contributed by atoms with E-state index >= 15 is 0 Å². The Labute approximate surface area is 97.2 Å². The minimum atomic E-state index is 0.187. The number of nitrogens with two attached hydrogens (primary N) is 1. The highest BCUT2D eigenvalue weighted by molar-refractivity contribution is 5.52. The van der Waals surface area contributed by atoms with Crippen LogP contribution in [-0.2, 0) is 4.74 Å². The molecule has 2 N–H and O–H groups in total. The SMILES string of the molecule is Cc1ccccc1N(C)CC1COCC1N. The van der Waals surface area contributed by atoms with Gasteiger partial charge in [-0.2, -0.15) is 0 Å². The van der Waals surface area contributed by atoms with E-state index in [1.807, 2.05) is 0 Å². The molecule has 0 radical (unpaired) electrons. The van der Waals surface area contributed by atoms with Crippen LogP contribution < -0.4 is 10.6 Å². The summed E-state index contributed by atoms with van der Waals surface area (Å²) < 4.78 is 5.38. The topological polar surface area (TPSA) is 38.5 Å². The van der Waals surface area contributed by atoms with Crippen LogP contribution in [0.4, 0.5) is 5.69 Å². The summed E-state index contributed by atoms with van der Waals surface area (Å²) in [6, 6.07) is 8.61. The molecule has 3 nitrogen and oxygen atoms in total. The van der Waals surface area contributed by atoms with E-state index in [4.69, 9.17) is 10.5 Å². The van der Waals surface area contributed by atoms with Crippen molar-refractivity contribution in [1.29, 1.82) is 0 Å². The van der Waals surface area contributed by atoms with E-state index in [2.05, 4.69) is 43.1 Å². The number of anilines is 1. The zero-order valence-electron chi connectivity index (χ0n) is 10.0. The van der Waals surface area contributed by atoms with Crippen LogP contribution in [0.3, 0.4) is 0 Å². The van der Waals surface area contributed by atoms with Gasteiger partial charge in [0.15, 0.2) is 0 Å². The van der Waals surface area contributed by atoms with Crippen molar-refractivity contribution in [2.24, 2.45) is 11.7 Å². The monoisotopic (exact) mass is 220 g/mol. The lowest BCUT2D eigenvalue weighted by Gasteiger charge is -2.25. The maximum Gasteiger partial charge on any atom is 0.0621 e. The molecule has 0 saturated carbocycles. The number of aryl methyl sites for hydroxylation is 1. The van der Waals surface area contributed by atoms with Crippen molar-refractivity contribution in [2.75, 3.05) is 31.7 Å². The lowest BCUT2D eigenvalue weighted by atomic mass is 10.0. The molecule has 0 aliphatic carbocycles. The molecule has 16 heavy (non-hydrogen) atoms. The van der Waals surface area contributed by atoms with Gasteiger partial charge in [-0.05, 0) is 18.6 Å². The van der Waals surface area contributed by atoms with Crippen molar-refractivity contribution < 1.29 is 4.74 Å². The van der Waals surface area contributed by atoms with E-state index in [0.717, 1.165) is 13.2 Å². The summed E-state index contributed by atoms with van der Waals surface area (Å²) >= 11 is 0. The van der Waals surface area contributed by atoms with Crippen LogP contribution in [0.5, 0.6) is 0 Å². The number of hydrogen-bond acceptors (Lipinski definition) is 3. The molecule has 1 aliphatic heterocycles. The van der Waals surface area contributed by atoms with Crippen molar-refractivity contribution in [3.05, 3.63) is 29.8 Å². The van der Waals surface area contributed by atoms with Crippen molar-refractivity contribution >= 4 is 5.69 Å². The Morgan fingerprint density at radius 3 is 2.75 bits per heavy atom. The first-order valence-electron chi connectivity index (χ1n) is 5.78. The molecule has 0 amide bonds. The standard InChI is InChI=1S/C13H20N2O/c1-10-5-3-4-6-13(10)15(2)7-11-8-16-9-12(11)14/h3-6,11-12H,7-9,14H2,1-2H3. The molecule has 0 bridgehead atoms. The van der Waals surface area contributed by atoms with Crippen molar-refractivity contribution in [2.45, 2.75) is 13.0 Å². The zero-order chi connectivity index (χ0) is 11.5. The molecule has 1 saturated heterocycles. The fraction of sp³-hybridized carbons (Fsp3) is 0.538. The third kappa shape index (κ3) is 2.36. The van der Waals surface area contributed by atoms with Gasteiger partial charge in [0.1, 0.15) is 0 Å². The number of rotatable bonds is 3. The molecule has 0 aromatic heterocycles. The van der Waals surface area contributed by atoms with E-state index in [0.29, 0.717) is 12.5 Å². The number of hydrogen-bond donors (Lipinski definition) is 1. The lowest BCUT2D eigenvalue weighted by Crippen LogP contribution is -2.37. The van der Waals surface area contributed by atoms with Gasteiger partial charge >= 0.3 is 0 Å². The first-order chi connectivity index (χ1) is 7.68. The second-order valence-corrected chi connectivity index (χ2v) is 4.63. The summed E-state index contributed by atoms with van der Waals surface area (Å²) in [6.45, 7) is 4.59. The van der Waals surface area contributed by atoms with Gasteiger partial charge in [-0.15, -0.1) is 0 Å². The predicted octanol–water partition coefficient (Wildman–Crippen LogP) is 1.40. The molecule has 1 heterocycles. The van der Waals surface area contributed by atoms with Gasteiger partial charge < -0.3 is 15.4 Å². The second-order valence-electron chi connectivity index (χ2n) is 4.63. The highest BCUT2D eigenvalue weighted by Gasteiger charge is 2.26. The van der Waals surface area contributed by atoms with E-state index in [1.165, 1.54) is 11.3 Å². The Morgan fingerprint density at radius 2 is 2.12 bits per heavy atom.